The van der Waals surface area contributed by atoms with Gasteiger partial charge in [0.25, 0.3) is 11.5 Å². The van der Waals surface area contributed by atoms with Crippen molar-refractivity contribution in [2.75, 3.05) is 5.32 Å². The molecule has 0 spiro atoms. The smallest absolute Gasteiger partial charge is 0.261 e. The molecule has 0 bridgehead atoms. The fourth-order valence-corrected chi connectivity index (χ4v) is 2.78. The summed E-state index contributed by atoms with van der Waals surface area (Å²) >= 11 is 3.25. The maximum absolute atomic E-state index is 13.8. The number of carbonyl (C=O) groups is 2. The van der Waals surface area contributed by atoms with E-state index in [0.29, 0.717) is 21.4 Å². The van der Waals surface area contributed by atoms with Gasteiger partial charge in [-0.1, -0.05) is 15.9 Å². The van der Waals surface area contributed by atoms with Gasteiger partial charge in [-0.15, -0.1) is 0 Å². The molecule has 27 heavy (non-hydrogen) atoms. The Morgan fingerprint density at radius 3 is 2.63 bits per heavy atom. The molecule has 7 nitrogen and oxygen atoms in total. The van der Waals surface area contributed by atoms with Crippen LogP contribution in [0.2, 0.25) is 0 Å². The number of fused-ring (bicyclic) bond motifs is 1. The largest absolute Gasteiger partial charge is 0.366 e. The van der Waals surface area contributed by atoms with E-state index in [0.717, 1.165) is 10.6 Å². The number of primary amides is 1. The number of nitrogens with one attached hydrogen (secondary N) is 1. The predicted molar refractivity (Wildman–Crippen MR) is 97.2 cm³/mol. The lowest BCUT2D eigenvalue weighted by Crippen LogP contribution is -2.28. The van der Waals surface area contributed by atoms with Gasteiger partial charge in [-0.2, -0.15) is 0 Å². The number of nitrogens with zero attached hydrogens (tertiary/aromatic N) is 2. The maximum Gasteiger partial charge on any atom is 0.261 e. The third-order valence-electron chi connectivity index (χ3n) is 3.70. The molecule has 138 valence electrons. The van der Waals surface area contributed by atoms with E-state index < -0.39 is 46.8 Å². The van der Waals surface area contributed by atoms with Crippen molar-refractivity contribution < 1.29 is 18.4 Å². The Morgan fingerprint density at radius 2 is 1.93 bits per heavy atom. The molecule has 1 heterocycles. The minimum absolute atomic E-state index is 0.295. The molecule has 3 aromatic rings. The molecule has 0 radical (unpaired) electrons. The summed E-state index contributed by atoms with van der Waals surface area (Å²) in [4.78, 5) is 39.9. The summed E-state index contributed by atoms with van der Waals surface area (Å²) in [6, 6.07) is 6.17. The van der Waals surface area contributed by atoms with Crippen LogP contribution in [-0.4, -0.2) is 21.4 Å². The number of benzene rings is 2. The van der Waals surface area contributed by atoms with Gasteiger partial charge in [0.2, 0.25) is 5.91 Å². The topological polar surface area (TPSA) is 107 Å². The van der Waals surface area contributed by atoms with Crippen LogP contribution in [0.25, 0.3) is 10.9 Å². The van der Waals surface area contributed by atoms with E-state index in [9.17, 15) is 23.2 Å². The van der Waals surface area contributed by atoms with Crippen LogP contribution < -0.4 is 16.6 Å². The Bertz CT molecular complexity index is 1150. The number of aromatic nitrogens is 2. The molecule has 2 aromatic carbocycles. The molecule has 0 aliphatic heterocycles. The van der Waals surface area contributed by atoms with E-state index in [2.05, 4.69) is 26.2 Å². The molecular formula is C17H11BrF2N4O3. The molecule has 10 heteroatoms. The van der Waals surface area contributed by atoms with E-state index in [1.807, 2.05) is 0 Å². The van der Waals surface area contributed by atoms with Crippen molar-refractivity contribution in [2.45, 2.75) is 6.54 Å². The molecular weight excluding hydrogens is 426 g/mol. The van der Waals surface area contributed by atoms with Crippen LogP contribution in [0.3, 0.4) is 0 Å². The molecule has 0 aliphatic rings. The van der Waals surface area contributed by atoms with Crippen molar-refractivity contribution in [2.24, 2.45) is 5.73 Å². The predicted octanol–water partition coefficient (Wildman–Crippen LogP) is 2.17. The van der Waals surface area contributed by atoms with Gasteiger partial charge in [-0.3, -0.25) is 19.0 Å². The van der Waals surface area contributed by atoms with Gasteiger partial charge in [0, 0.05) is 10.5 Å². The minimum Gasteiger partial charge on any atom is -0.366 e. The molecule has 3 N–H and O–H groups in total. The number of hydrogen-bond acceptors (Lipinski definition) is 4. The highest BCUT2D eigenvalue weighted by Gasteiger charge is 2.16. The van der Waals surface area contributed by atoms with Crippen LogP contribution in [0.4, 0.5) is 14.5 Å². The first-order valence-corrected chi connectivity index (χ1v) is 8.29. The van der Waals surface area contributed by atoms with Crippen molar-refractivity contribution >= 4 is 44.3 Å². The second-order valence-corrected chi connectivity index (χ2v) is 6.48. The zero-order valence-electron chi connectivity index (χ0n) is 13.5. The monoisotopic (exact) mass is 436 g/mol. The van der Waals surface area contributed by atoms with Crippen LogP contribution in [-0.2, 0) is 11.3 Å². The van der Waals surface area contributed by atoms with Crippen molar-refractivity contribution in [3.05, 3.63) is 68.7 Å². The number of anilines is 1. The molecule has 0 fully saturated rings. The third-order valence-corrected chi connectivity index (χ3v) is 4.19. The van der Waals surface area contributed by atoms with E-state index in [4.69, 9.17) is 5.73 Å². The molecule has 3 rings (SSSR count). The van der Waals surface area contributed by atoms with Crippen molar-refractivity contribution in [1.29, 1.82) is 0 Å². The first kappa shape index (κ1) is 18.6. The Kier molecular flexibility index (Phi) is 5.00. The van der Waals surface area contributed by atoms with Crippen LogP contribution in [0, 0.1) is 11.6 Å². The lowest BCUT2D eigenvalue weighted by atomic mass is 10.1. The average Bonchev–Trinajstić information content (AvgIpc) is 2.60. The van der Waals surface area contributed by atoms with Gasteiger partial charge in [-0.05, 0) is 24.3 Å². The highest BCUT2D eigenvalue weighted by atomic mass is 79.9. The van der Waals surface area contributed by atoms with Crippen molar-refractivity contribution in [1.82, 2.24) is 9.55 Å². The van der Waals surface area contributed by atoms with Crippen LogP contribution >= 0.6 is 15.9 Å². The van der Waals surface area contributed by atoms with E-state index >= 15 is 0 Å². The molecule has 0 saturated carbocycles. The van der Waals surface area contributed by atoms with Gasteiger partial charge >= 0.3 is 0 Å². The Labute approximate surface area is 158 Å². The number of carbonyl (C=O) groups excluding carboxylic acids is 2. The van der Waals surface area contributed by atoms with E-state index in [1.54, 1.807) is 18.2 Å². The molecule has 0 saturated heterocycles. The lowest BCUT2D eigenvalue weighted by Gasteiger charge is -2.10. The highest BCUT2D eigenvalue weighted by molar-refractivity contribution is 9.10. The Hall–Kier alpha value is -3.14. The molecule has 0 unspecified atom stereocenters. The number of halogens is 3. The summed E-state index contributed by atoms with van der Waals surface area (Å²) in [5.74, 6) is -4.10. The summed E-state index contributed by atoms with van der Waals surface area (Å²) in [7, 11) is 0. The van der Waals surface area contributed by atoms with E-state index in [-0.39, 0.29) is 0 Å². The van der Waals surface area contributed by atoms with Gasteiger partial charge < -0.3 is 11.1 Å². The highest BCUT2D eigenvalue weighted by Crippen LogP contribution is 2.19. The molecule has 0 aliphatic carbocycles. The standard InChI is InChI=1S/C17H11BrF2N4O3/c18-8-1-2-13-10(3-8)17(27)24(7-22-13)6-15(25)23-14-4-9(16(21)26)11(19)5-12(14)20/h1-5,7H,6H2,(H2,21,26)(H,23,25). The number of amides is 2. The van der Waals surface area contributed by atoms with Gasteiger partial charge in [0.1, 0.15) is 18.2 Å². The second-order valence-electron chi connectivity index (χ2n) is 5.56. The summed E-state index contributed by atoms with van der Waals surface area (Å²) < 4.78 is 29.0. The summed E-state index contributed by atoms with van der Waals surface area (Å²) in [5, 5.41) is 2.48. The van der Waals surface area contributed by atoms with Crippen LogP contribution in [0.15, 0.2) is 45.9 Å². The van der Waals surface area contributed by atoms with Gasteiger partial charge in [0.05, 0.1) is 28.5 Å². The second kappa shape index (κ2) is 7.23. The van der Waals surface area contributed by atoms with Gasteiger partial charge in [0.15, 0.2) is 0 Å². The fourth-order valence-electron chi connectivity index (χ4n) is 2.42. The van der Waals surface area contributed by atoms with Crippen molar-refractivity contribution in [3.8, 4) is 0 Å². The van der Waals surface area contributed by atoms with Crippen LogP contribution in [0.5, 0.6) is 0 Å². The van der Waals surface area contributed by atoms with Crippen molar-refractivity contribution in [3.63, 3.8) is 0 Å². The Balaban J connectivity index is 1.88. The average molecular weight is 437 g/mol. The SMILES string of the molecule is NC(=O)c1cc(NC(=O)Cn2cnc3ccc(Br)cc3c2=O)c(F)cc1F. The van der Waals surface area contributed by atoms with Gasteiger partial charge in [-0.25, -0.2) is 13.8 Å². The summed E-state index contributed by atoms with van der Waals surface area (Å²) in [5.41, 5.74) is 3.99. The first-order valence-electron chi connectivity index (χ1n) is 7.49. The molecule has 1 aromatic heterocycles. The zero-order chi connectivity index (χ0) is 19.7. The molecule has 2 amide bonds. The number of nitrogens with two attached hydrogens (primary N) is 1. The zero-order valence-corrected chi connectivity index (χ0v) is 15.1. The molecule has 0 atom stereocenters. The minimum atomic E-state index is -1.14. The number of rotatable bonds is 4. The quantitative estimate of drug-likeness (QED) is 0.653. The fraction of sp³-hybridized carbons (Fsp3) is 0.0588. The number of hydrogen-bond donors (Lipinski definition) is 2. The van der Waals surface area contributed by atoms with E-state index in [1.165, 1.54) is 6.33 Å². The lowest BCUT2D eigenvalue weighted by molar-refractivity contribution is -0.116. The summed E-state index contributed by atoms with van der Waals surface area (Å²) in [6.07, 6.45) is 1.19. The first-order chi connectivity index (χ1) is 12.8. The third kappa shape index (κ3) is 3.85. The normalized spacial score (nSPS) is 10.8. The Morgan fingerprint density at radius 1 is 1.19 bits per heavy atom. The van der Waals surface area contributed by atoms with Crippen LogP contribution in [0.1, 0.15) is 10.4 Å². The summed E-state index contributed by atoms with van der Waals surface area (Å²) in [6.45, 7) is -0.461. The maximum atomic E-state index is 13.8.